The number of ether oxygens (including phenoxy) is 3. The minimum absolute atomic E-state index is 0.00883. The smallest absolute Gasteiger partial charge is 0.274 e. The lowest BCUT2D eigenvalue weighted by atomic mass is 10.2. The van der Waals surface area contributed by atoms with Gasteiger partial charge in [0.05, 0.1) is 14.2 Å². The fourth-order valence-corrected chi connectivity index (χ4v) is 4.61. The van der Waals surface area contributed by atoms with E-state index in [9.17, 15) is 9.36 Å². The zero-order chi connectivity index (χ0) is 17.6. The molecule has 0 saturated heterocycles. The van der Waals surface area contributed by atoms with Crippen molar-refractivity contribution in [2.45, 2.75) is 27.1 Å². The summed E-state index contributed by atoms with van der Waals surface area (Å²) in [7, 11) is 0.648. The number of benzene rings is 1. The lowest BCUT2D eigenvalue weighted by Gasteiger charge is -2.23. The van der Waals surface area contributed by atoms with Gasteiger partial charge in [-0.25, -0.2) is 0 Å². The number of carbonyl (C=O) groups excluding carboxylic acids is 1. The fourth-order valence-electron chi connectivity index (χ4n) is 2.17. The third kappa shape index (κ3) is 4.80. The second kappa shape index (κ2) is 8.48. The maximum Gasteiger partial charge on any atom is 0.274 e. The average Bonchev–Trinajstić information content (AvgIpc) is 2.52. The molecule has 23 heavy (non-hydrogen) atoms. The van der Waals surface area contributed by atoms with Crippen molar-refractivity contribution in [3.05, 3.63) is 23.8 Å². The van der Waals surface area contributed by atoms with Gasteiger partial charge in [-0.2, -0.15) is 0 Å². The molecule has 0 radical (unpaired) electrons. The highest BCUT2D eigenvalue weighted by molar-refractivity contribution is 7.77. The normalized spacial score (nSPS) is 15.1. The SMILES string of the molecule is COc1cccc(OC)c1C(=O)P(=O)(CC(C)C)OC(C)OC. The predicted octanol–water partition coefficient (Wildman–Crippen LogP) is 3.79. The second-order valence-electron chi connectivity index (χ2n) is 5.50. The van der Waals surface area contributed by atoms with Crippen molar-refractivity contribution in [2.24, 2.45) is 5.92 Å². The molecule has 0 aromatic heterocycles. The molecule has 0 bridgehead atoms. The summed E-state index contributed by atoms with van der Waals surface area (Å²) in [6.45, 7) is 5.35. The van der Waals surface area contributed by atoms with Crippen LogP contribution in [0.3, 0.4) is 0 Å². The van der Waals surface area contributed by atoms with Gasteiger partial charge in [0.1, 0.15) is 17.1 Å². The average molecular weight is 344 g/mol. The molecular weight excluding hydrogens is 319 g/mol. The van der Waals surface area contributed by atoms with Gasteiger partial charge in [0.15, 0.2) is 6.29 Å². The molecule has 0 amide bonds. The van der Waals surface area contributed by atoms with Gasteiger partial charge in [0.25, 0.3) is 12.9 Å². The van der Waals surface area contributed by atoms with E-state index >= 15 is 0 Å². The predicted molar refractivity (Wildman–Crippen MR) is 88.7 cm³/mol. The van der Waals surface area contributed by atoms with Crippen LogP contribution >= 0.6 is 7.37 Å². The molecule has 0 aliphatic rings. The van der Waals surface area contributed by atoms with Gasteiger partial charge in [-0.05, 0) is 25.0 Å². The van der Waals surface area contributed by atoms with Crippen molar-refractivity contribution in [1.82, 2.24) is 0 Å². The topological polar surface area (TPSA) is 71.1 Å². The van der Waals surface area contributed by atoms with Crippen LogP contribution in [0.1, 0.15) is 31.1 Å². The number of rotatable bonds is 9. The Morgan fingerprint density at radius 1 is 1.09 bits per heavy atom. The van der Waals surface area contributed by atoms with E-state index in [2.05, 4.69) is 0 Å². The van der Waals surface area contributed by atoms with Crippen LogP contribution in [0.2, 0.25) is 0 Å². The van der Waals surface area contributed by atoms with Crippen molar-refractivity contribution in [2.75, 3.05) is 27.5 Å². The Hall–Kier alpha value is -1.36. The lowest BCUT2D eigenvalue weighted by Crippen LogP contribution is -2.18. The van der Waals surface area contributed by atoms with E-state index in [1.54, 1.807) is 25.1 Å². The summed E-state index contributed by atoms with van der Waals surface area (Å²) in [4.78, 5) is 13.0. The van der Waals surface area contributed by atoms with Crippen LogP contribution in [-0.2, 0) is 13.8 Å². The summed E-state index contributed by atoms with van der Waals surface area (Å²) >= 11 is 0. The molecule has 0 N–H and O–H groups in total. The van der Waals surface area contributed by atoms with Gasteiger partial charge in [-0.3, -0.25) is 13.9 Å². The summed E-state index contributed by atoms with van der Waals surface area (Å²) in [5.41, 5.74) is -0.491. The molecule has 0 aliphatic carbocycles. The molecule has 6 nitrogen and oxygen atoms in total. The van der Waals surface area contributed by atoms with E-state index in [1.165, 1.54) is 21.3 Å². The van der Waals surface area contributed by atoms with Gasteiger partial charge in [0, 0.05) is 13.3 Å². The minimum atomic E-state index is -3.67. The number of hydrogen-bond acceptors (Lipinski definition) is 6. The minimum Gasteiger partial charge on any atom is -0.496 e. The van der Waals surface area contributed by atoms with Gasteiger partial charge >= 0.3 is 0 Å². The zero-order valence-corrected chi connectivity index (χ0v) is 15.4. The van der Waals surface area contributed by atoms with Crippen LogP contribution in [0.15, 0.2) is 18.2 Å². The highest BCUT2D eigenvalue weighted by Crippen LogP contribution is 2.55. The third-order valence-corrected chi connectivity index (χ3v) is 5.90. The molecule has 1 aromatic rings. The molecule has 130 valence electrons. The second-order valence-corrected chi connectivity index (χ2v) is 7.83. The highest BCUT2D eigenvalue weighted by atomic mass is 31.2. The molecule has 1 aromatic carbocycles. The van der Waals surface area contributed by atoms with Crippen LogP contribution in [0.25, 0.3) is 0 Å². The molecule has 0 saturated carbocycles. The molecule has 0 aliphatic heterocycles. The molecule has 0 fully saturated rings. The molecule has 0 heterocycles. The number of carbonyl (C=O) groups is 1. The van der Waals surface area contributed by atoms with E-state index in [4.69, 9.17) is 18.7 Å². The van der Waals surface area contributed by atoms with Crippen molar-refractivity contribution < 1.29 is 28.1 Å². The van der Waals surface area contributed by atoms with Crippen molar-refractivity contribution in [3.8, 4) is 11.5 Å². The van der Waals surface area contributed by atoms with Crippen LogP contribution in [0.4, 0.5) is 0 Å². The molecular formula is C16H25O6P. The molecule has 1 rings (SSSR count). The van der Waals surface area contributed by atoms with Crippen LogP contribution in [-0.4, -0.2) is 39.3 Å². The Labute approximate surface area is 137 Å². The largest absolute Gasteiger partial charge is 0.496 e. The Balaban J connectivity index is 3.38. The van der Waals surface area contributed by atoms with Gasteiger partial charge in [-0.1, -0.05) is 19.9 Å². The van der Waals surface area contributed by atoms with Crippen molar-refractivity contribution in [3.63, 3.8) is 0 Å². The zero-order valence-electron chi connectivity index (χ0n) is 14.5. The first kappa shape index (κ1) is 19.7. The monoisotopic (exact) mass is 344 g/mol. The summed E-state index contributed by atoms with van der Waals surface area (Å²) in [5, 5.41) is 0. The Bertz CT molecular complexity index is 562. The van der Waals surface area contributed by atoms with Crippen LogP contribution in [0.5, 0.6) is 11.5 Å². The summed E-state index contributed by atoms with van der Waals surface area (Å²) in [6, 6.07) is 4.94. The summed E-state index contributed by atoms with van der Waals surface area (Å²) < 4.78 is 34.2. The van der Waals surface area contributed by atoms with E-state index in [1.807, 2.05) is 13.8 Å². The van der Waals surface area contributed by atoms with E-state index in [0.717, 1.165) is 0 Å². The standard InChI is InChI=1S/C16H25O6P/c1-11(2)10-23(18,22-12(3)19-4)16(17)15-13(20-5)8-7-9-14(15)21-6/h7-9,11-12H,10H2,1-6H3. The summed E-state index contributed by atoms with van der Waals surface area (Å²) in [5.74, 6) is 0.605. The van der Waals surface area contributed by atoms with E-state index in [-0.39, 0.29) is 17.6 Å². The maximum atomic E-state index is 13.3. The van der Waals surface area contributed by atoms with Crippen molar-refractivity contribution in [1.29, 1.82) is 0 Å². The first-order chi connectivity index (χ1) is 10.8. The number of methoxy groups -OCH3 is 3. The molecule has 2 atom stereocenters. The molecule has 0 spiro atoms. The quantitative estimate of drug-likeness (QED) is 0.501. The molecule has 7 heteroatoms. The third-order valence-electron chi connectivity index (χ3n) is 3.21. The van der Waals surface area contributed by atoms with Crippen molar-refractivity contribution >= 4 is 12.9 Å². The molecule has 2 unspecified atom stereocenters. The van der Waals surface area contributed by atoms with Gasteiger partial charge < -0.3 is 14.2 Å². The Kier molecular flexibility index (Phi) is 7.26. The van der Waals surface area contributed by atoms with Crippen LogP contribution in [0, 0.1) is 5.92 Å². The van der Waals surface area contributed by atoms with Gasteiger partial charge in [0.2, 0.25) is 0 Å². The summed E-state index contributed by atoms with van der Waals surface area (Å²) in [6.07, 6.45) is -0.648. The number of hydrogen-bond donors (Lipinski definition) is 0. The Morgan fingerprint density at radius 3 is 2.00 bits per heavy atom. The highest BCUT2D eigenvalue weighted by Gasteiger charge is 2.39. The maximum absolute atomic E-state index is 13.3. The fraction of sp³-hybridized carbons (Fsp3) is 0.562. The van der Waals surface area contributed by atoms with Gasteiger partial charge in [-0.15, -0.1) is 0 Å². The van der Waals surface area contributed by atoms with Crippen LogP contribution < -0.4 is 9.47 Å². The van der Waals surface area contributed by atoms with E-state index < -0.39 is 19.2 Å². The first-order valence-corrected chi connectivity index (χ1v) is 9.16. The lowest BCUT2D eigenvalue weighted by molar-refractivity contribution is -0.0362. The first-order valence-electron chi connectivity index (χ1n) is 7.35. The van der Waals surface area contributed by atoms with E-state index in [0.29, 0.717) is 11.5 Å². The Morgan fingerprint density at radius 2 is 1.61 bits per heavy atom.